The van der Waals surface area contributed by atoms with Crippen molar-refractivity contribution in [3.8, 4) is 11.3 Å². The van der Waals surface area contributed by atoms with Crippen LogP contribution in [0.1, 0.15) is 0 Å². The number of amides is 1. The minimum atomic E-state index is -0.278. The molecule has 0 aliphatic rings. The first kappa shape index (κ1) is 25.4. The Kier molecular flexibility index (Phi) is 7.71. The van der Waals surface area contributed by atoms with E-state index in [2.05, 4.69) is 70.8 Å². The van der Waals surface area contributed by atoms with Gasteiger partial charge < -0.3 is 25.0 Å². The summed E-state index contributed by atoms with van der Waals surface area (Å²) in [7, 11) is 8.09. The molecule has 0 fully saturated rings. The number of nitrogens with one attached hydrogen (secondary N) is 2. The zero-order chi connectivity index (χ0) is 25.8. The molecule has 0 spiro atoms. The molecule has 0 radical (unpaired) electrons. The van der Waals surface area contributed by atoms with Crippen LogP contribution in [0.4, 0.5) is 23.0 Å². The van der Waals surface area contributed by atoms with Gasteiger partial charge >= 0.3 is 0 Å². The van der Waals surface area contributed by atoms with Gasteiger partial charge in [0.1, 0.15) is 0 Å². The van der Waals surface area contributed by atoms with Gasteiger partial charge in [-0.05, 0) is 60.4 Å². The van der Waals surface area contributed by atoms with Crippen LogP contribution in [-0.2, 0) is 11.8 Å². The number of likely N-dealkylation sites (N-methyl/N-ethyl adjacent to an activating group) is 2. The van der Waals surface area contributed by atoms with Crippen molar-refractivity contribution in [1.82, 2.24) is 19.4 Å². The van der Waals surface area contributed by atoms with Crippen molar-refractivity contribution < 1.29 is 4.79 Å². The van der Waals surface area contributed by atoms with Crippen molar-refractivity contribution in [2.45, 2.75) is 0 Å². The first-order valence-electron chi connectivity index (χ1n) is 11.5. The van der Waals surface area contributed by atoms with E-state index in [1.807, 2.05) is 58.5 Å². The number of rotatable bonds is 9. The Morgan fingerprint density at radius 3 is 2.67 bits per heavy atom. The zero-order valence-corrected chi connectivity index (χ0v) is 22.5. The third-order valence-corrected chi connectivity index (χ3v) is 6.55. The molecular weight excluding hydrogens is 518 g/mol. The fourth-order valence-electron chi connectivity index (χ4n) is 3.96. The van der Waals surface area contributed by atoms with Crippen LogP contribution in [0.5, 0.6) is 0 Å². The van der Waals surface area contributed by atoms with Gasteiger partial charge in [0.05, 0.1) is 22.8 Å². The normalized spacial score (nSPS) is 11.1. The summed E-state index contributed by atoms with van der Waals surface area (Å²) in [5.41, 5.74) is 5.27. The largest absolute Gasteiger partial charge is 0.372 e. The number of carbonyl (C=O) groups is 1. The number of nitrogens with zero attached hydrogens (tertiary/aromatic N) is 5. The van der Waals surface area contributed by atoms with Gasteiger partial charge in [0, 0.05) is 60.5 Å². The van der Waals surface area contributed by atoms with Gasteiger partial charge in [-0.1, -0.05) is 24.8 Å². The highest BCUT2D eigenvalue weighted by Gasteiger charge is 2.16. The molecule has 0 saturated carbocycles. The number of aromatic nitrogens is 3. The molecule has 2 aromatic carbocycles. The lowest BCUT2D eigenvalue weighted by molar-refractivity contribution is -0.111. The van der Waals surface area contributed by atoms with Crippen LogP contribution in [0.15, 0.2) is 72.0 Å². The van der Waals surface area contributed by atoms with E-state index in [0.717, 1.165) is 51.1 Å². The van der Waals surface area contributed by atoms with Crippen LogP contribution in [-0.4, -0.2) is 59.6 Å². The van der Waals surface area contributed by atoms with E-state index in [1.165, 1.54) is 6.08 Å². The molecular formula is C27H30BrN7O. The van der Waals surface area contributed by atoms with E-state index in [0.29, 0.717) is 11.6 Å². The summed E-state index contributed by atoms with van der Waals surface area (Å²) >= 11 is 3.68. The van der Waals surface area contributed by atoms with E-state index in [4.69, 9.17) is 4.98 Å². The van der Waals surface area contributed by atoms with Crippen molar-refractivity contribution in [1.29, 1.82) is 0 Å². The predicted molar refractivity (Wildman–Crippen MR) is 152 cm³/mol. The standard InChI is InChI=1S/C27H30BrN7O/c1-6-26(36)30-23-16-22(20(28)15-25(23)34(4)14-13-33(2)3)32-27-29-12-11-21(31-27)19-17-35(5)24-10-8-7-9-18(19)24/h6-12,15-17H,1,13-14H2,2-5H3,(H,30,36)(H,29,31,32). The van der Waals surface area contributed by atoms with Crippen molar-refractivity contribution in [3.05, 3.63) is 72.0 Å². The number of aryl methyl sites for hydroxylation is 1. The van der Waals surface area contributed by atoms with Crippen LogP contribution >= 0.6 is 15.9 Å². The number of fused-ring (bicyclic) bond motifs is 1. The average Bonchev–Trinajstić information content (AvgIpc) is 3.21. The SMILES string of the molecule is C=CC(=O)Nc1cc(Nc2nccc(-c3cn(C)c4ccccc34)n2)c(Br)cc1N(C)CCN(C)C. The Balaban J connectivity index is 1.67. The van der Waals surface area contributed by atoms with Gasteiger partial charge in [-0.2, -0.15) is 0 Å². The Morgan fingerprint density at radius 1 is 1.14 bits per heavy atom. The zero-order valence-electron chi connectivity index (χ0n) is 20.9. The van der Waals surface area contributed by atoms with Gasteiger partial charge in [-0.3, -0.25) is 4.79 Å². The quantitative estimate of drug-likeness (QED) is 0.278. The maximum Gasteiger partial charge on any atom is 0.247 e. The molecule has 4 rings (SSSR count). The average molecular weight is 548 g/mol. The molecule has 0 saturated heterocycles. The Labute approximate surface area is 219 Å². The predicted octanol–water partition coefficient (Wildman–Crippen LogP) is 5.26. The Bertz CT molecular complexity index is 1410. The molecule has 0 aliphatic carbocycles. The highest BCUT2D eigenvalue weighted by Crippen LogP contribution is 2.37. The highest BCUT2D eigenvalue weighted by atomic mass is 79.9. The molecule has 4 aromatic rings. The Morgan fingerprint density at radius 2 is 1.92 bits per heavy atom. The molecule has 0 unspecified atom stereocenters. The van der Waals surface area contributed by atoms with Crippen LogP contribution < -0.4 is 15.5 Å². The lowest BCUT2D eigenvalue weighted by atomic mass is 10.1. The lowest BCUT2D eigenvalue weighted by Crippen LogP contribution is -2.29. The van der Waals surface area contributed by atoms with Gasteiger partial charge in [0.25, 0.3) is 0 Å². The van der Waals surface area contributed by atoms with Gasteiger partial charge in [0.15, 0.2) is 0 Å². The number of anilines is 4. The summed E-state index contributed by atoms with van der Waals surface area (Å²) in [6, 6.07) is 14.0. The first-order valence-corrected chi connectivity index (χ1v) is 12.3. The number of hydrogen-bond acceptors (Lipinski definition) is 6. The van der Waals surface area contributed by atoms with E-state index in [1.54, 1.807) is 6.20 Å². The summed E-state index contributed by atoms with van der Waals surface area (Å²) in [5, 5.41) is 7.36. The van der Waals surface area contributed by atoms with Crippen molar-refractivity contribution in [3.63, 3.8) is 0 Å². The number of carbonyl (C=O) groups excluding carboxylic acids is 1. The van der Waals surface area contributed by atoms with Crippen molar-refractivity contribution in [2.24, 2.45) is 7.05 Å². The van der Waals surface area contributed by atoms with Crippen LogP contribution in [0.3, 0.4) is 0 Å². The Hall–Kier alpha value is -3.69. The molecule has 9 heteroatoms. The van der Waals surface area contributed by atoms with Gasteiger partial charge in [-0.15, -0.1) is 0 Å². The highest BCUT2D eigenvalue weighted by molar-refractivity contribution is 9.10. The summed E-state index contributed by atoms with van der Waals surface area (Å²) in [6.45, 7) is 5.25. The van der Waals surface area contributed by atoms with Crippen LogP contribution in [0.25, 0.3) is 22.2 Å². The number of para-hydroxylation sites is 1. The molecule has 8 nitrogen and oxygen atoms in total. The van der Waals surface area contributed by atoms with Gasteiger partial charge in [0.2, 0.25) is 11.9 Å². The fourth-order valence-corrected chi connectivity index (χ4v) is 4.39. The van der Waals surface area contributed by atoms with Crippen LogP contribution in [0, 0.1) is 0 Å². The number of halogens is 1. The minimum Gasteiger partial charge on any atom is -0.372 e. The summed E-state index contributed by atoms with van der Waals surface area (Å²) in [6.07, 6.45) is 5.08. The molecule has 0 aliphatic heterocycles. The van der Waals surface area contributed by atoms with Crippen molar-refractivity contribution in [2.75, 3.05) is 49.8 Å². The molecule has 0 atom stereocenters. The lowest BCUT2D eigenvalue weighted by Gasteiger charge is -2.25. The second-order valence-corrected chi connectivity index (χ2v) is 9.68. The maximum absolute atomic E-state index is 12.2. The smallest absolute Gasteiger partial charge is 0.247 e. The topological polar surface area (TPSA) is 78.3 Å². The third-order valence-electron chi connectivity index (χ3n) is 5.90. The van der Waals surface area contributed by atoms with Crippen LogP contribution in [0.2, 0.25) is 0 Å². The third kappa shape index (κ3) is 5.58. The van der Waals surface area contributed by atoms with E-state index in [9.17, 15) is 4.79 Å². The number of hydrogen-bond donors (Lipinski definition) is 2. The molecule has 2 heterocycles. The fraction of sp³-hybridized carbons (Fsp3) is 0.222. The second-order valence-electron chi connectivity index (χ2n) is 8.83. The minimum absolute atomic E-state index is 0.278. The number of benzene rings is 2. The summed E-state index contributed by atoms with van der Waals surface area (Å²) in [4.78, 5) is 25.6. The maximum atomic E-state index is 12.2. The molecule has 36 heavy (non-hydrogen) atoms. The summed E-state index contributed by atoms with van der Waals surface area (Å²) < 4.78 is 2.92. The molecule has 0 bridgehead atoms. The van der Waals surface area contributed by atoms with E-state index in [-0.39, 0.29) is 5.91 Å². The molecule has 1 amide bonds. The summed E-state index contributed by atoms with van der Waals surface area (Å²) in [5.74, 6) is 0.176. The molecule has 2 N–H and O–H groups in total. The first-order chi connectivity index (χ1) is 17.3. The second kappa shape index (κ2) is 10.9. The van der Waals surface area contributed by atoms with Crippen molar-refractivity contribution >= 4 is 55.8 Å². The monoisotopic (exact) mass is 547 g/mol. The van der Waals surface area contributed by atoms with E-state index >= 15 is 0 Å². The van der Waals surface area contributed by atoms with Gasteiger partial charge in [-0.25, -0.2) is 9.97 Å². The molecule has 186 valence electrons. The molecule has 2 aromatic heterocycles. The van der Waals surface area contributed by atoms with E-state index < -0.39 is 0 Å².